The molecule has 1 fully saturated rings. The predicted molar refractivity (Wildman–Crippen MR) is 112 cm³/mol. The number of ether oxygens (including phenoxy) is 1. The van der Waals surface area contributed by atoms with Gasteiger partial charge in [-0.15, -0.1) is 11.3 Å². The molecule has 2 aromatic carbocycles. The van der Waals surface area contributed by atoms with Crippen LogP contribution < -0.4 is 5.32 Å². The maximum absolute atomic E-state index is 14.3. The third kappa shape index (κ3) is 3.88. The molecule has 0 spiro atoms. The van der Waals surface area contributed by atoms with Crippen molar-refractivity contribution >= 4 is 38.9 Å². The highest BCUT2D eigenvalue weighted by Gasteiger charge is 2.22. The Morgan fingerprint density at radius 3 is 2.55 bits per heavy atom. The summed E-state index contributed by atoms with van der Waals surface area (Å²) in [6.45, 7) is 1.73. The first-order valence-corrected chi connectivity index (χ1v) is 10.3. The minimum atomic E-state index is -0.366. The minimum absolute atomic E-state index is 0.0164. The van der Waals surface area contributed by atoms with Crippen molar-refractivity contribution < 1.29 is 18.7 Å². The van der Waals surface area contributed by atoms with Gasteiger partial charge >= 0.3 is 0 Å². The van der Waals surface area contributed by atoms with Gasteiger partial charge in [-0.2, -0.15) is 0 Å². The molecular formula is C22H21FN2O3S. The molecule has 0 unspecified atom stereocenters. The van der Waals surface area contributed by atoms with Gasteiger partial charge in [0, 0.05) is 47.1 Å². The molecule has 1 aliphatic rings. The maximum atomic E-state index is 14.3. The number of fused-ring (bicyclic) bond motifs is 1. The van der Waals surface area contributed by atoms with E-state index < -0.39 is 0 Å². The summed E-state index contributed by atoms with van der Waals surface area (Å²) < 4.78 is 20.2. The number of likely N-dealkylation sites (tertiary alicyclic amines) is 1. The second kappa shape index (κ2) is 8.31. The molecule has 29 heavy (non-hydrogen) atoms. The highest BCUT2D eigenvalue weighted by atomic mass is 32.1. The van der Waals surface area contributed by atoms with Crippen molar-refractivity contribution in [2.45, 2.75) is 19.4 Å². The largest absolute Gasteiger partial charge is 0.380 e. The number of carbonyl (C=O) groups is 2. The number of nitrogens with one attached hydrogen (secondary N) is 1. The molecule has 150 valence electrons. The van der Waals surface area contributed by atoms with E-state index >= 15 is 0 Å². The van der Waals surface area contributed by atoms with Crippen LogP contribution in [0.5, 0.6) is 0 Å². The van der Waals surface area contributed by atoms with E-state index in [4.69, 9.17) is 4.74 Å². The van der Waals surface area contributed by atoms with Crippen LogP contribution in [0.15, 0.2) is 42.5 Å². The van der Waals surface area contributed by atoms with Gasteiger partial charge in [-0.25, -0.2) is 4.39 Å². The molecular weight excluding hydrogens is 391 g/mol. The number of rotatable bonds is 5. The second-order valence-corrected chi connectivity index (χ2v) is 8.04. The summed E-state index contributed by atoms with van der Waals surface area (Å²) in [4.78, 5) is 27.6. The highest BCUT2D eigenvalue weighted by Crippen LogP contribution is 2.34. The summed E-state index contributed by atoms with van der Waals surface area (Å²) in [7, 11) is 1.52. The lowest BCUT2D eigenvalue weighted by molar-refractivity contribution is 0.0792. The van der Waals surface area contributed by atoms with Crippen molar-refractivity contribution in [3.05, 3.63) is 64.3 Å². The van der Waals surface area contributed by atoms with Crippen molar-refractivity contribution in [3.8, 4) is 0 Å². The number of benzene rings is 2. The second-order valence-electron chi connectivity index (χ2n) is 6.99. The topological polar surface area (TPSA) is 58.6 Å². The summed E-state index contributed by atoms with van der Waals surface area (Å²) in [6.07, 6.45) is 2.08. The molecule has 0 radical (unpaired) electrons. The molecule has 0 atom stereocenters. The molecule has 0 aliphatic carbocycles. The Kier molecular flexibility index (Phi) is 5.60. The summed E-state index contributed by atoms with van der Waals surface area (Å²) in [5.41, 5.74) is 1.73. The zero-order chi connectivity index (χ0) is 20.4. The van der Waals surface area contributed by atoms with Crippen LogP contribution in [0.3, 0.4) is 0 Å². The zero-order valence-electron chi connectivity index (χ0n) is 16.0. The van der Waals surface area contributed by atoms with Crippen LogP contribution in [0.4, 0.5) is 10.1 Å². The van der Waals surface area contributed by atoms with Crippen molar-refractivity contribution in [3.63, 3.8) is 0 Å². The number of amides is 2. The number of nitrogens with zero attached hydrogens (tertiary/aromatic N) is 1. The molecule has 2 heterocycles. The fraction of sp³-hybridized carbons (Fsp3) is 0.273. The van der Waals surface area contributed by atoms with Gasteiger partial charge in [0.1, 0.15) is 5.82 Å². The summed E-state index contributed by atoms with van der Waals surface area (Å²) in [5, 5.41) is 3.27. The lowest BCUT2D eigenvalue weighted by Crippen LogP contribution is -2.27. The van der Waals surface area contributed by atoms with Crippen LogP contribution in [0.25, 0.3) is 10.1 Å². The molecule has 2 amide bonds. The number of anilines is 1. The molecule has 5 nitrogen and oxygen atoms in total. The Balaban J connectivity index is 1.56. The average molecular weight is 412 g/mol. The van der Waals surface area contributed by atoms with Gasteiger partial charge in [0.25, 0.3) is 11.8 Å². The average Bonchev–Trinajstić information content (AvgIpc) is 3.37. The Morgan fingerprint density at radius 1 is 1.14 bits per heavy atom. The van der Waals surface area contributed by atoms with Gasteiger partial charge in [-0.3, -0.25) is 9.59 Å². The first kappa shape index (κ1) is 19.5. The standard InChI is InChI=1S/C22H21FN2O3S/c1-28-13-16-19-17(23)5-4-6-18(19)29-20(16)21(26)24-15-9-7-14(8-10-15)22(27)25-11-2-3-12-25/h4-10H,2-3,11-13H2,1H3,(H,24,26). The molecule has 1 aromatic heterocycles. The molecule has 1 N–H and O–H groups in total. The molecule has 1 aliphatic heterocycles. The van der Waals surface area contributed by atoms with Crippen LogP contribution in [-0.2, 0) is 11.3 Å². The van der Waals surface area contributed by atoms with Gasteiger partial charge in [-0.1, -0.05) is 6.07 Å². The van der Waals surface area contributed by atoms with Gasteiger partial charge in [0.05, 0.1) is 11.5 Å². The third-order valence-corrected chi connectivity index (χ3v) is 6.24. The van der Waals surface area contributed by atoms with E-state index in [2.05, 4.69) is 5.32 Å². The number of hydrogen-bond donors (Lipinski definition) is 1. The Hall–Kier alpha value is -2.77. The monoisotopic (exact) mass is 412 g/mol. The van der Waals surface area contributed by atoms with Crippen molar-refractivity contribution in [1.82, 2.24) is 4.90 Å². The SMILES string of the molecule is COCc1c(C(=O)Nc2ccc(C(=O)N3CCCC3)cc2)sc2cccc(F)c12. The summed E-state index contributed by atoms with van der Waals surface area (Å²) in [5.74, 6) is -0.673. The van der Waals surface area contributed by atoms with E-state index in [1.165, 1.54) is 24.5 Å². The van der Waals surface area contributed by atoms with Gasteiger partial charge < -0.3 is 15.0 Å². The van der Waals surface area contributed by atoms with E-state index in [9.17, 15) is 14.0 Å². The Morgan fingerprint density at radius 2 is 1.86 bits per heavy atom. The number of hydrogen-bond acceptors (Lipinski definition) is 4. The van der Waals surface area contributed by atoms with Gasteiger partial charge in [0.15, 0.2) is 0 Å². The van der Waals surface area contributed by atoms with Crippen LogP contribution in [0.1, 0.15) is 38.4 Å². The van der Waals surface area contributed by atoms with E-state index in [0.717, 1.165) is 25.9 Å². The Bertz CT molecular complexity index is 1060. The summed E-state index contributed by atoms with van der Waals surface area (Å²) >= 11 is 1.24. The van der Waals surface area contributed by atoms with Crippen molar-refractivity contribution in [1.29, 1.82) is 0 Å². The van der Waals surface area contributed by atoms with Crippen molar-refractivity contribution in [2.75, 3.05) is 25.5 Å². The first-order chi connectivity index (χ1) is 14.1. The lowest BCUT2D eigenvalue weighted by atomic mass is 10.1. The Labute approximate surface area is 172 Å². The molecule has 1 saturated heterocycles. The third-order valence-electron chi connectivity index (χ3n) is 5.04. The normalized spacial score (nSPS) is 13.8. The molecule has 3 aromatic rings. The highest BCUT2D eigenvalue weighted by molar-refractivity contribution is 7.21. The first-order valence-electron chi connectivity index (χ1n) is 9.48. The lowest BCUT2D eigenvalue weighted by Gasteiger charge is -2.15. The maximum Gasteiger partial charge on any atom is 0.266 e. The number of methoxy groups -OCH3 is 1. The van der Waals surface area contributed by atoms with Crippen LogP contribution in [0, 0.1) is 5.82 Å². The van der Waals surface area contributed by atoms with E-state index in [1.54, 1.807) is 36.4 Å². The van der Waals surface area contributed by atoms with Crippen LogP contribution in [-0.4, -0.2) is 36.9 Å². The molecule has 4 rings (SSSR count). The summed E-state index contributed by atoms with van der Waals surface area (Å²) in [6, 6.07) is 11.7. The number of carbonyl (C=O) groups excluding carboxylic acids is 2. The fourth-order valence-electron chi connectivity index (χ4n) is 3.62. The van der Waals surface area contributed by atoms with Gasteiger partial charge in [-0.05, 0) is 49.2 Å². The minimum Gasteiger partial charge on any atom is -0.380 e. The molecule has 0 saturated carbocycles. The fourth-order valence-corrected chi connectivity index (χ4v) is 4.74. The van der Waals surface area contributed by atoms with E-state index in [-0.39, 0.29) is 24.2 Å². The van der Waals surface area contributed by atoms with Crippen LogP contribution in [0.2, 0.25) is 0 Å². The number of halogens is 1. The van der Waals surface area contributed by atoms with Gasteiger partial charge in [0.2, 0.25) is 0 Å². The molecule has 0 bridgehead atoms. The van der Waals surface area contributed by atoms with E-state index in [0.29, 0.717) is 31.8 Å². The smallest absolute Gasteiger partial charge is 0.266 e. The quantitative estimate of drug-likeness (QED) is 0.662. The number of thiophene rings is 1. The van der Waals surface area contributed by atoms with Crippen molar-refractivity contribution in [2.24, 2.45) is 0 Å². The van der Waals surface area contributed by atoms with Crippen LogP contribution >= 0.6 is 11.3 Å². The predicted octanol–water partition coefficient (Wildman–Crippen LogP) is 4.68. The zero-order valence-corrected chi connectivity index (χ0v) is 16.9. The molecule has 7 heteroatoms. The van der Waals surface area contributed by atoms with E-state index in [1.807, 2.05) is 4.90 Å².